The largest absolute Gasteiger partial charge is 0.381 e. The van der Waals surface area contributed by atoms with Crippen LogP contribution in [0.5, 0.6) is 0 Å². The highest BCUT2D eigenvalue weighted by Crippen LogP contribution is 2.23. The summed E-state index contributed by atoms with van der Waals surface area (Å²) in [5, 5.41) is 4.20. The number of nitrogens with one attached hydrogen (secondary N) is 1. The summed E-state index contributed by atoms with van der Waals surface area (Å²) in [4.78, 5) is 0. The van der Waals surface area contributed by atoms with E-state index in [0.717, 1.165) is 11.3 Å². The molecule has 2 aromatic carbocycles. The Labute approximate surface area is 116 Å². The minimum atomic E-state index is -0.310. The Balaban J connectivity index is 2.19. The molecule has 0 saturated heterocycles. The highest BCUT2D eigenvalue weighted by atomic mass is 35.5. The van der Waals surface area contributed by atoms with Gasteiger partial charge in [0.2, 0.25) is 0 Å². The van der Waals surface area contributed by atoms with E-state index in [-0.39, 0.29) is 5.82 Å². The standard InChI is InChI=1S/C14H12Cl2FN/c1-9-5-6-10(15)7-14(9)18-8-11-12(16)3-2-4-13(11)17/h2-7,18H,8H2,1H3. The summed E-state index contributed by atoms with van der Waals surface area (Å²) in [6, 6.07) is 10.2. The lowest BCUT2D eigenvalue weighted by Crippen LogP contribution is -2.03. The average Bonchev–Trinajstić information content (AvgIpc) is 2.33. The molecule has 0 aliphatic heterocycles. The second kappa shape index (κ2) is 5.59. The SMILES string of the molecule is Cc1ccc(Cl)cc1NCc1c(F)cccc1Cl. The van der Waals surface area contributed by atoms with Crippen molar-refractivity contribution < 1.29 is 4.39 Å². The van der Waals surface area contributed by atoms with E-state index in [1.54, 1.807) is 12.1 Å². The zero-order chi connectivity index (χ0) is 13.1. The molecule has 0 fully saturated rings. The molecule has 0 radical (unpaired) electrons. The summed E-state index contributed by atoms with van der Waals surface area (Å²) in [6.45, 7) is 2.29. The molecule has 0 atom stereocenters. The van der Waals surface area contributed by atoms with Crippen LogP contribution in [-0.4, -0.2) is 0 Å². The summed E-state index contributed by atoms with van der Waals surface area (Å²) in [5.74, 6) is -0.310. The van der Waals surface area contributed by atoms with Gasteiger partial charge in [0.25, 0.3) is 0 Å². The second-order valence-corrected chi connectivity index (χ2v) is 4.86. The summed E-state index contributed by atoms with van der Waals surface area (Å²) in [5.41, 5.74) is 2.38. The van der Waals surface area contributed by atoms with Gasteiger partial charge in [0.05, 0.1) is 0 Å². The zero-order valence-electron chi connectivity index (χ0n) is 9.81. The van der Waals surface area contributed by atoms with E-state index < -0.39 is 0 Å². The van der Waals surface area contributed by atoms with Crippen LogP contribution in [0.4, 0.5) is 10.1 Å². The number of rotatable bonds is 3. The lowest BCUT2D eigenvalue weighted by molar-refractivity contribution is 0.613. The molecule has 0 aliphatic carbocycles. The molecule has 0 amide bonds. The average molecular weight is 284 g/mol. The second-order valence-electron chi connectivity index (χ2n) is 4.01. The lowest BCUT2D eigenvalue weighted by Gasteiger charge is -2.11. The Bertz CT molecular complexity index is 549. The molecule has 0 saturated carbocycles. The van der Waals surface area contributed by atoms with Crippen LogP contribution in [0.3, 0.4) is 0 Å². The predicted octanol–water partition coefficient (Wildman–Crippen LogP) is 5.05. The van der Waals surface area contributed by atoms with Crippen LogP contribution in [0.25, 0.3) is 0 Å². The third-order valence-electron chi connectivity index (χ3n) is 2.72. The fraction of sp³-hybridized carbons (Fsp3) is 0.143. The van der Waals surface area contributed by atoms with Crippen molar-refractivity contribution in [3.05, 3.63) is 63.4 Å². The maximum absolute atomic E-state index is 13.6. The highest BCUT2D eigenvalue weighted by Gasteiger charge is 2.07. The first kappa shape index (κ1) is 13.2. The van der Waals surface area contributed by atoms with E-state index in [1.807, 2.05) is 25.1 Å². The monoisotopic (exact) mass is 283 g/mol. The summed E-state index contributed by atoms with van der Waals surface area (Å²) in [6.07, 6.45) is 0. The Kier molecular flexibility index (Phi) is 4.10. The van der Waals surface area contributed by atoms with Crippen molar-refractivity contribution >= 4 is 28.9 Å². The Morgan fingerprint density at radius 2 is 1.94 bits per heavy atom. The molecule has 0 heterocycles. The van der Waals surface area contributed by atoms with Crippen LogP contribution >= 0.6 is 23.2 Å². The van der Waals surface area contributed by atoms with Gasteiger partial charge >= 0.3 is 0 Å². The molecule has 94 valence electrons. The molecule has 1 nitrogen and oxygen atoms in total. The first-order valence-corrected chi connectivity index (χ1v) is 6.26. The van der Waals surface area contributed by atoms with E-state index in [9.17, 15) is 4.39 Å². The molecule has 18 heavy (non-hydrogen) atoms. The van der Waals surface area contributed by atoms with Gasteiger partial charge in [-0.25, -0.2) is 4.39 Å². The third-order valence-corrected chi connectivity index (χ3v) is 3.31. The van der Waals surface area contributed by atoms with E-state index in [2.05, 4.69) is 5.32 Å². The minimum Gasteiger partial charge on any atom is -0.381 e. The van der Waals surface area contributed by atoms with Gasteiger partial charge in [-0.1, -0.05) is 35.3 Å². The number of hydrogen-bond acceptors (Lipinski definition) is 1. The first-order valence-electron chi connectivity index (χ1n) is 5.51. The molecule has 2 aromatic rings. The number of benzene rings is 2. The fourth-order valence-electron chi connectivity index (χ4n) is 1.67. The number of anilines is 1. The maximum atomic E-state index is 13.6. The van der Waals surface area contributed by atoms with Crippen molar-refractivity contribution in [1.82, 2.24) is 0 Å². The van der Waals surface area contributed by atoms with Crippen LogP contribution in [0.2, 0.25) is 10.0 Å². The first-order chi connectivity index (χ1) is 8.58. The zero-order valence-corrected chi connectivity index (χ0v) is 11.3. The number of halogens is 3. The smallest absolute Gasteiger partial charge is 0.129 e. The molecule has 0 unspecified atom stereocenters. The molecule has 2 rings (SSSR count). The highest BCUT2D eigenvalue weighted by molar-refractivity contribution is 6.31. The fourth-order valence-corrected chi connectivity index (χ4v) is 2.07. The Morgan fingerprint density at radius 1 is 1.17 bits per heavy atom. The number of hydrogen-bond donors (Lipinski definition) is 1. The lowest BCUT2D eigenvalue weighted by atomic mass is 10.1. The van der Waals surface area contributed by atoms with Crippen molar-refractivity contribution in [3.63, 3.8) is 0 Å². The normalized spacial score (nSPS) is 10.4. The summed E-state index contributed by atoms with van der Waals surface area (Å²) < 4.78 is 13.6. The van der Waals surface area contributed by atoms with Crippen molar-refractivity contribution in [2.45, 2.75) is 13.5 Å². The minimum absolute atomic E-state index is 0.310. The van der Waals surface area contributed by atoms with E-state index in [1.165, 1.54) is 6.07 Å². The van der Waals surface area contributed by atoms with Crippen molar-refractivity contribution in [1.29, 1.82) is 0 Å². The molecular formula is C14H12Cl2FN. The molecule has 0 bridgehead atoms. The maximum Gasteiger partial charge on any atom is 0.129 e. The quantitative estimate of drug-likeness (QED) is 0.831. The van der Waals surface area contributed by atoms with Crippen LogP contribution in [0, 0.1) is 12.7 Å². The van der Waals surface area contributed by atoms with Gasteiger partial charge in [-0.3, -0.25) is 0 Å². The van der Waals surface area contributed by atoms with Gasteiger partial charge in [-0.05, 0) is 36.8 Å². The van der Waals surface area contributed by atoms with E-state index >= 15 is 0 Å². The Hall–Kier alpha value is -1.25. The molecule has 0 spiro atoms. The third kappa shape index (κ3) is 2.95. The van der Waals surface area contributed by atoms with Crippen molar-refractivity contribution in [3.8, 4) is 0 Å². The number of aryl methyl sites for hydroxylation is 1. The van der Waals surface area contributed by atoms with Crippen molar-refractivity contribution in [2.75, 3.05) is 5.32 Å². The topological polar surface area (TPSA) is 12.0 Å². The molecule has 4 heteroatoms. The van der Waals surface area contributed by atoms with Crippen LogP contribution in [-0.2, 0) is 6.54 Å². The summed E-state index contributed by atoms with van der Waals surface area (Å²) in [7, 11) is 0. The molecule has 0 aromatic heterocycles. The van der Waals surface area contributed by atoms with E-state index in [0.29, 0.717) is 22.2 Å². The Morgan fingerprint density at radius 3 is 2.67 bits per heavy atom. The molecule has 0 aliphatic rings. The van der Waals surface area contributed by atoms with Crippen LogP contribution < -0.4 is 5.32 Å². The van der Waals surface area contributed by atoms with Gasteiger partial charge in [-0.15, -0.1) is 0 Å². The van der Waals surface area contributed by atoms with Gasteiger partial charge in [0.15, 0.2) is 0 Å². The van der Waals surface area contributed by atoms with Crippen molar-refractivity contribution in [2.24, 2.45) is 0 Å². The van der Waals surface area contributed by atoms with E-state index in [4.69, 9.17) is 23.2 Å². The van der Waals surface area contributed by atoms with Crippen LogP contribution in [0.15, 0.2) is 36.4 Å². The van der Waals surface area contributed by atoms with Gasteiger partial charge < -0.3 is 5.32 Å². The predicted molar refractivity (Wildman–Crippen MR) is 74.9 cm³/mol. The summed E-state index contributed by atoms with van der Waals surface area (Å²) >= 11 is 11.9. The van der Waals surface area contributed by atoms with Gasteiger partial charge in [0, 0.05) is 27.8 Å². The van der Waals surface area contributed by atoms with Crippen LogP contribution in [0.1, 0.15) is 11.1 Å². The molecular weight excluding hydrogens is 272 g/mol. The van der Waals surface area contributed by atoms with Gasteiger partial charge in [-0.2, -0.15) is 0 Å². The molecule has 1 N–H and O–H groups in total. The van der Waals surface area contributed by atoms with Gasteiger partial charge in [0.1, 0.15) is 5.82 Å².